The zero-order valence-corrected chi connectivity index (χ0v) is 25.6. The molecule has 2 rings (SSSR count). The van der Waals surface area contributed by atoms with Gasteiger partial charge in [0.15, 0.2) is 11.1 Å². The SMILES string of the molecule is CC(Cl)CC(Cl)C(Cl)OC(=O)c1ccccc1OC(=O)C(=O)Oc1ccccc1C(=O)OC(Cl)C(Cl)CC(C)Cl. The molecular formula is C26H24Cl6O8. The summed E-state index contributed by atoms with van der Waals surface area (Å²) in [5.74, 6) is -5.54. The number of hydrogen-bond donors (Lipinski definition) is 0. The lowest BCUT2D eigenvalue weighted by molar-refractivity contribution is -0.156. The quantitative estimate of drug-likeness (QED) is 0.104. The van der Waals surface area contributed by atoms with Crippen LogP contribution >= 0.6 is 69.6 Å². The summed E-state index contributed by atoms with van der Waals surface area (Å²) in [5, 5.41) is -2.21. The fourth-order valence-corrected chi connectivity index (χ4v) is 4.62. The predicted molar refractivity (Wildman–Crippen MR) is 153 cm³/mol. The van der Waals surface area contributed by atoms with Crippen LogP contribution in [0.25, 0.3) is 0 Å². The summed E-state index contributed by atoms with van der Waals surface area (Å²) in [6.07, 6.45) is 0.513. The van der Waals surface area contributed by atoms with Crippen LogP contribution in [-0.4, -0.2) is 56.5 Å². The van der Waals surface area contributed by atoms with Crippen molar-refractivity contribution < 1.29 is 38.1 Å². The molecule has 6 unspecified atom stereocenters. The number of rotatable bonds is 12. The van der Waals surface area contributed by atoms with E-state index < -0.39 is 45.8 Å². The van der Waals surface area contributed by atoms with E-state index in [4.69, 9.17) is 88.6 Å². The van der Waals surface area contributed by atoms with Gasteiger partial charge in [0.25, 0.3) is 0 Å². The summed E-state index contributed by atoms with van der Waals surface area (Å²) in [4.78, 5) is 50.3. The molecular weight excluding hydrogens is 653 g/mol. The molecule has 2 aromatic carbocycles. The Kier molecular flexibility index (Phi) is 14.1. The van der Waals surface area contributed by atoms with Gasteiger partial charge in [0, 0.05) is 10.8 Å². The van der Waals surface area contributed by atoms with Crippen molar-refractivity contribution in [3.8, 4) is 11.5 Å². The molecule has 0 aliphatic rings. The van der Waals surface area contributed by atoms with E-state index in [0.717, 1.165) is 0 Å². The van der Waals surface area contributed by atoms with E-state index in [2.05, 4.69) is 0 Å². The lowest BCUT2D eigenvalue weighted by Crippen LogP contribution is -2.28. The number of para-hydroxylation sites is 2. The van der Waals surface area contributed by atoms with Gasteiger partial charge in [0.1, 0.15) is 22.6 Å². The van der Waals surface area contributed by atoms with Crippen molar-refractivity contribution in [2.24, 2.45) is 0 Å². The van der Waals surface area contributed by atoms with Gasteiger partial charge < -0.3 is 18.9 Å². The molecule has 0 amide bonds. The van der Waals surface area contributed by atoms with Gasteiger partial charge in [-0.2, -0.15) is 0 Å². The second kappa shape index (κ2) is 16.5. The van der Waals surface area contributed by atoms with Crippen LogP contribution in [0.2, 0.25) is 0 Å². The van der Waals surface area contributed by atoms with E-state index in [-0.39, 0.29) is 46.2 Å². The molecule has 218 valence electrons. The Labute approximate surface area is 261 Å². The lowest BCUT2D eigenvalue weighted by Gasteiger charge is -2.18. The minimum atomic E-state index is -1.50. The molecule has 0 saturated carbocycles. The molecule has 0 bridgehead atoms. The summed E-state index contributed by atoms with van der Waals surface area (Å²) in [5.41, 5.74) is -2.90. The molecule has 0 N–H and O–H groups in total. The van der Waals surface area contributed by atoms with Gasteiger partial charge in [-0.15, -0.1) is 46.4 Å². The summed E-state index contributed by atoms with van der Waals surface area (Å²) in [6.45, 7) is 3.40. The summed E-state index contributed by atoms with van der Waals surface area (Å²) >= 11 is 36.1. The van der Waals surface area contributed by atoms with E-state index in [1.807, 2.05) is 0 Å². The van der Waals surface area contributed by atoms with Crippen molar-refractivity contribution in [2.75, 3.05) is 0 Å². The Morgan fingerprint density at radius 3 is 1.25 bits per heavy atom. The van der Waals surface area contributed by atoms with Gasteiger partial charge in [-0.3, -0.25) is 0 Å². The number of alkyl halides is 6. The molecule has 0 aromatic heterocycles. The van der Waals surface area contributed by atoms with Crippen LogP contribution in [0.1, 0.15) is 47.4 Å². The highest BCUT2D eigenvalue weighted by Crippen LogP contribution is 2.26. The van der Waals surface area contributed by atoms with Crippen LogP contribution < -0.4 is 9.47 Å². The number of halogens is 6. The van der Waals surface area contributed by atoms with E-state index in [1.165, 1.54) is 48.5 Å². The normalized spacial score (nSPS) is 15.5. The maximum absolute atomic E-state index is 12.6. The van der Waals surface area contributed by atoms with Crippen molar-refractivity contribution in [3.63, 3.8) is 0 Å². The number of esters is 4. The van der Waals surface area contributed by atoms with Crippen molar-refractivity contribution >= 4 is 93.5 Å². The molecule has 0 heterocycles. The van der Waals surface area contributed by atoms with Crippen molar-refractivity contribution in [3.05, 3.63) is 59.7 Å². The van der Waals surface area contributed by atoms with Crippen LogP contribution in [0.5, 0.6) is 11.5 Å². The van der Waals surface area contributed by atoms with Crippen molar-refractivity contribution in [1.82, 2.24) is 0 Å². The zero-order chi connectivity index (χ0) is 30.0. The number of benzene rings is 2. The molecule has 2 aromatic rings. The van der Waals surface area contributed by atoms with Crippen LogP contribution in [0, 0.1) is 0 Å². The summed E-state index contributed by atoms with van der Waals surface area (Å²) in [7, 11) is 0. The first kappa shape index (κ1) is 34.3. The first-order valence-corrected chi connectivity index (χ1v) is 14.3. The van der Waals surface area contributed by atoms with E-state index in [1.54, 1.807) is 13.8 Å². The Hall–Kier alpha value is -1.94. The molecule has 0 aliphatic carbocycles. The molecule has 0 aliphatic heterocycles. The first-order chi connectivity index (χ1) is 18.8. The average molecular weight is 677 g/mol. The van der Waals surface area contributed by atoms with Crippen molar-refractivity contribution in [2.45, 2.75) is 59.3 Å². The van der Waals surface area contributed by atoms with Crippen LogP contribution in [0.4, 0.5) is 0 Å². The molecule has 8 nitrogen and oxygen atoms in total. The monoisotopic (exact) mass is 674 g/mol. The highest BCUT2D eigenvalue weighted by atomic mass is 35.5. The third-order valence-corrected chi connectivity index (χ3v) is 7.11. The van der Waals surface area contributed by atoms with E-state index >= 15 is 0 Å². The second-order valence-electron chi connectivity index (χ2n) is 8.35. The molecule has 0 fully saturated rings. The fourth-order valence-electron chi connectivity index (χ4n) is 3.05. The van der Waals surface area contributed by atoms with Gasteiger partial charge in [-0.25, -0.2) is 19.2 Å². The van der Waals surface area contributed by atoms with Crippen LogP contribution in [0.3, 0.4) is 0 Å². The third kappa shape index (κ3) is 10.8. The van der Waals surface area contributed by atoms with Gasteiger partial charge in [-0.05, 0) is 51.0 Å². The first-order valence-electron chi connectivity index (χ1n) is 11.7. The highest BCUT2D eigenvalue weighted by Gasteiger charge is 2.29. The predicted octanol–water partition coefficient (Wildman–Crippen LogP) is 6.89. The minimum Gasteiger partial charge on any atom is -0.441 e. The van der Waals surface area contributed by atoms with E-state index in [0.29, 0.717) is 0 Å². The third-order valence-electron chi connectivity index (χ3n) is 4.89. The Bertz CT molecular complexity index is 1100. The second-order valence-corrected chi connectivity index (χ2v) is 11.8. The summed E-state index contributed by atoms with van der Waals surface area (Å²) in [6, 6.07) is 10.9. The topological polar surface area (TPSA) is 105 Å². The Morgan fingerprint density at radius 1 is 0.600 bits per heavy atom. The smallest absolute Gasteiger partial charge is 0.423 e. The number of hydrogen-bond acceptors (Lipinski definition) is 8. The van der Waals surface area contributed by atoms with Crippen molar-refractivity contribution in [1.29, 1.82) is 0 Å². The van der Waals surface area contributed by atoms with E-state index in [9.17, 15) is 19.2 Å². The summed E-state index contributed by atoms with van der Waals surface area (Å²) < 4.78 is 20.4. The zero-order valence-electron chi connectivity index (χ0n) is 21.0. The number of carbonyl (C=O) groups is 4. The largest absolute Gasteiger partial charge is 0.441 e. The van der Waals surface area contributed by atoms with Gasteiger partial charge in [-0.1, -0.05) is 47.5 Å². The Balaban J connectivity index is 2.10. The Morgan fingerprint density at radius 2 is 0.925 bits per heavy atom. The molecule has 14 heteroatoms. The number of carbonyl (C=O) groups excluding carboxylic acids is 4. The van der Waals surface area contributed by atoms with Crippen LogP contribution in [-0.2, 0) is 19.1 Å². The molecule has 6 atom stereocenters. The molecule has 0 radical (unpaired) electrons. The standard InChI is InChI=1S/C26H24Cl6O8/c1-13(27)11-17(29)21(31)39-23(33)15-7-3-5-9-19(15)37-25(35)26(36)38-20-10-6-4-8-16(20)24(34)40-22(32)18(30)12-14(2)28/h3-10,13-14,17-18,21-22H,11-12H2,1-2H3. The maximum atomic E-state index is 12.6. The molecule has 0 saturated heterocycles. The maximum Gasteiger partial charge on any atom is 0.423 e. The minimum absolute atomic E-state index is 0.212. The average Bonchev–Trinajstić information content (AvgIpc) is 2.88. The molecule has 40 heavy (non-hydrogen) atoms. The van der Waals surface area contributed by atoms with Crippen LogP contribution in [0.15, 0.2) is 48.5 Å². The van der Waals surface area contributed by atoms with Gasteiger partial charge in [0.05, 0.1) is 10.8 Å². The van der Waals surface area contributed by atoms with Gasteiger partial charge in [0.2, 0.25) is 0 Å². The highest BCUT2D eigenvalue weighted by molar-refractivity contribution is 6.32. The molecule has 0 spiro atoms. The fraction of sp³-hybridized carbons (Fsp3) is 0.385. The lowest BCUT2D eigenvalue weighted by atomic mass is 10.2. The number of ether oxygens (including phenoxy) is 4. The van der Waals surface area contributed by atoms with Gasteiger partial charge >= 0.3 is 23.9 Å².